The second-order valence-electron chi connectivity index (χ2n) is 2.79. The van der Waals surface area contributed by atoms with E-state index >= 15 is 0 Å². The summed E-state index contributed by atoms with van der Waals surface area (Å²) >= 11 is 0. The third kappa shape index (κ3) is 1.97. The second-order valence-corrected chi connectivity index (χ2v) is 2.79. The lowest BCUT2D eigenvalue weighted by molar-refractivity contribution is 0.397. The number of methoxy groups -OCH3 is 1. The lowest BCUT2D eigenvalue weighted by Gasteiger charge is -2.08. The minimum absolute atomic E-state index is 0.324. The van der Waals surface area contributed by atoms with Crippen LogP contribution in [0.1, 0.15) is 18.9 Å². The van der Waals surface area contributed by atoms with Gasteiger partial charge in [-0.2, -0.15) is 0 Å². The first-order valence-corrected chi connectivity index (χ1v) is 4.21. The quantitative estimate of drug-likeness (QED) is 0.705. The van der Waals surface area contributed by atoms with Crippen LogP contribution in [0.4, 0.5) is 8.78 Å². The van der Waals surface area contributed by atoms with Crippen LogP contribution >= 0.6 is 0 Å². The Hall–Kier alpha value is -1.12. The van der Waals surface area contributed by atoms with Crippen molar-refractivity contribution in [3.8, 4) is 5.75 Å². The summed E-state index contributed by atoms with van der Waals surface area (Å²) in [6.45, 7) is 1.91. The molecule has 3 heteroatoms. The van der Waals surface area contributed by atoms with Crippen LogP contribution in [0.5, 0.6) is 5.75 Å². The van der Waals surface area contributed by atoms with Crippen molar-refractivity contribution in [2.75, 3.05) is 7.11 Å². The Morgan fingerprint density at radius 3 is 2.54 bits per heavy atom. The molecule has 1 aromatic rings. The van der Waals surface area contributed by atoms with Crippen molar-refractivity contribution in [2.45, 2.75) is 19.8 Å². The van der Waals surface area contributed by atoms with Gasteiger partial charge in [-0.05, 0) is 18.6 Å². The Bertz CT molecular complexity index is 297. The van der Waals surface area contributed by atoms with Crippen molar-refractivity contribution in [1.82, 2.24) is 0 Å². The molecule has 0 spiro atoms. The van der Waals surface area contributed by atoms with E-state index < -0.39 is 11.6 Å². The normalized spacial score (nSPS) is 10.2. The monoisotopic (exact) mass is 186 g/mol. The summed E-state index contributed by atoms with van der Waals surface area (Å²) in [4.78, 5) is 0. The molecule has 13 heavy (non-hydrogen) atoms. The van der Waals surface area contributed by atoms with Gasteiger partial charge in [-0.25, -0.2) is 8.78 Å². The second kappa shape index (κ2) is 4.21. The highest BCUT2D eigenvalue weighted by atomic mass is 19.2. The molecular weight excluding hydrogens is 174 g/mol. The Balaban J connectivity index is 3.15. The Morgan fingerprint density at radius 2 is 2.00 bits per heavy atom. The molecule has 0 atom stereocenters. The molecule has 0 saturated carbocycles. The van der Waals surface area contributed by atoms with Crippen molar-refractivity contribution < 1.29 is 13.5 Å². The van der Waals surface area contributed by atoms with Gasteiger partial charge in [0.05, 0.1) is 7.11 Å². The summed E-state index contributed by atoms with van der Waals surface area (Å²) < 4.78 is 30.9. The number of hydrogen-bond acceptors (Lipinski definition) is 1. The lowest BCUT2D eigenvalue weighted by Crippen LogP contribution is -1.98. The first-order valence-electron chi connectivity index (χ1n) is 4.21. The molecule has 0 radical (unpaired) electrons. The average Bonchev–Trinajstić information content (AvgIpc) is 2.14. The van der Waals surface area contributed by atoms with Gasteiger partial charge in [0.2, 0.25) is 0 Å². The molecule has 72 valence electrons. The fourth-order valence-electron chi connectivity index (χ4n) is 1.25. The number of ether oxygens (including phenoxy) is 1. The lowest BCUT2D eigenvalue weighted by atomic mass is 10.1. The molecule has 0 aromatic heterocycles. The molecule has 0 aliphatic carbocycles. The highest BCUT2D eigenvalue weighted by molar-refractivity contribution is 5.35. The largest absolute Gasteiger partial charge is 0.496 e. The van der Waals surface area contributed by atoms with Crippen LogP contribution in [-0.4, -0.2) is 7.11 Å². The van der Waals surface area contributed by atoms with Crippen LogP contribution in [0.2, 0.25) is 0 Å². The molecule has 1 rings (SSSR count). The fourth-order valence-corrected chi connectivity index (χ4v) is 1.25. The summed E-state index contributed by atoms with van der Waals surface area (Å²) in [6, 6.07) is 2.52. The first-order chi connectivity index (χ1) is 6.20. The Morgan fingerprint density at radius 1 is 1.31 bits per heavy atom. The topological polar surface area (TPSA) is 9.23 Å². The van der Waals surface area contributed by atoms with E-state index in [0.29, 0.717) is 17.7 Å². The molecule has 0 fully saturated rings. The summed E-state index contributed by atoms with van der Waals surface area (Å²) in [5.41, 5.74) is 0.324. The van der Waals surface area contributed by atoms with Gasteiger partial charge in [0.25, 0.3) is 0 Å². The maximum atomic E-state index is 13.2. The molecular formula is C10H12F2O. The third-order valence-electron chi connectivity index (χ3n) is 1.87. The first kappa shape index (κ1) is 9.96. The number of rotatable bonds is 3. The van der Waals surface area contributed by atoms with E-state index in [1.54, 1.807) is 0 Å². The van der Waals surface area contributed by atoms with E-state index in [0.717, 1.165) is 12.5 Å². The Kier molecular flexibility index (Phi) is 3.23. The van der Waals surface area contributed by atoms with Gasteiger partial charge in [0.15, 0.2) is 11.6 Å². The zero-order chi connectivity index (χ0) is 9.84. The molecule has 0 aliphatic heterocycles. The zero-order valence-electron chi connectivity index (χ0n) is 7.73. The summed E-state index contributed by atoms with van der Waals surface area (Å²) in [6.07, 6.45) is 1.25. The highest BCUT2D eigenvalue weighted by Gasteiger charge is 2.12. The smallest absolute Gasteiger partial charge is 0.165 e. The molecule has 0 heterocycles. The van der Waals surface area contributed by atoms with Crippen molar-refractivity contribution in [1.29, 1.82) is 0 Å². The summed E-state index contributed by atoms with van der Waals surface area (Å²) in [7, 11) is 1.45. The van der Waals surface area contributed by atoms with Gasteiger partial charge in [-0.1, -0.05) is 13.3 Å². The number of hydrogen-bond donors (Lipinski definition) is 0. The van der Waals surface area contributed by atoms with E-state index in [1.165, 1.54) is 13.2 Å². The highest BCUT2D eigenvalue weighted by Crippen LogP contribution is 2.24. The van der Waals surface area contributed by atoms with Crippen molar-refractivity contribution in [2.24, 2.45) is 0 Å². The maximum absolute atomic E-state index is 13.2. The van der Waals surface area contributed by atoms with Crippen LogP contribution in [0, 0.1) is 11.6 Å². The van der Waals surface area contributed by atoms with Crippen molar-refractivity contribution >= 4 is 0 Å². The standard InChI is InChI=1S/C10H12F2O/c1-3-4-7-9(13-2)6-5-8(11)10(7)12/h5-6H,3-4H2,1-2H3. The van der Waals surface area contributed by atoms with E-state index in [1.807, 2.05) is 6.92 Å². The predicted octanol–water partition coefficient (Wildman–Crippen LogP) is 2.93. The fraction of sp³-hybridized carbons (Fsp3) is 0.400. The van der Waals surface area contributed by atoms with Gasteiger partial charge >= 0.3 is 0 Å². The van der Waals surface area contributed by atoms with Gasteiger partial charge < -0.3 is 4.74 Å². The van der Waals surface area contributed by atoms with Crippen LogP contribution in [0.25, 0.3) is 0 Å². The SMILES string of the molecule is CCCc1c(OC)ccc(F)c1F. The summed E-state index contributed by atoms with van der Waals surface area (Å²) in [5, 5.41) is 0. The third-order valence-corrected chi connectivity index (χ3v) is 1.87. The van der Waals surface area contributed by atoms with Gasteiger partial charge in [-0.15, -0.1) is 0 Å². The molecule has 0 bridgehead atoms. The van der Waals surface area contributed by atoms with Crippen LogP contribution < -0.4 is 4.74 Å². The van der Waals surface area contributed by atoms with Gasteiger partial charge in [0, 0.05) is 5.56 Å². The average molecular weight is 186 g/mol. The molecule has 1 nitrogen and oxygen atoms in total. The van der Waals surface area contributed by atoms with Crippen LogP contribution in [0.15, 0.2) is 12.1 Å². The summed E-state index contributed by atoms with van der Waals surface area (Å²) in [5.74, 6) is -1.19. The zero-order valence-corrected chi connectivity index (χ0v) is 7.73. The molecule has 0 aliphatic rings. The molecule has 0 amide bonds. The molecule has 0 saturated heterocycles. The maximum Gasteiger partial charge on any atom is 0.165 e. The number of halogens is 2. The Labute approximate surface area is 76.3 Å². The predicted molar refractivity (Wildman–Crippen MR) is 46.9 cm³/mol. The van der Waals surface area contributed by atoms with Crippen molar-refractivity contribution in [3.63, 3.8) is 0 Å². The van der Waals surface area contributed by atoms with Gasteiger partial charge in [-0.3, -0.25) is 0 Å². The molecule has 1 aromatic carbocycles. The van der Waals surface area contributed by atoms with Crippen LogP contribution in [0.3, 0.4) is 0 Å². The van der Waals surface area contributed by atoms with Crippen LogP contribution in [-0.2, 0) is 6.42 Å². The van der Waals surface area contributed by atoms with E-state index in [-0.39, 0.29) is 0 Å². The minimum atomic E-state index is -0.816. The molecule has 0 unspecified atom stereocenters. The van der Waals surface area contributed by atoms with E-state index in [4.69, 9.17) is 4.74 Å². The molecule has 0 N–H and O–H groups in total. The van der Waals surface area contributed by atoms with Gasteiger partial charge in [0.1, 0.15) is 5.75 Å². The van der Waals surface area contributed by atoms with E-state index in [2.05, 4.69) is 0 Å². The van der Waals surface area contributed by atoms with E-state index in [9.17, 15) is 8.78 Å². The number of benzene rings is 1. The van der Waals surface area contributed by atoms with Crippen molar-refractivity contribution in [3.05, 3.63) is 29.3 Å². The minimum Gasteiger partial charge on any atom is -0.496 e.